The Hall–Kier alpha value is -2.51. The summed E-state index contributed by atoms with van der Waals surface area (Å²) in [7, 11) is -0.516. The van der Waals surface area contributed by atoms with E-state index in [1.807, 2.05) is 37.3 Å². The summed E-state index contributed by atoms with van der Waals surface area (Å²) >= 11 is 0. The van der Waals surface area contributed by atoms with Crippen LogP contribution in [-0.2, 0) is 10.0 Å². The highest BCUT2D eigenvalue weighted by Crippen LogP contribution is 2.57. The minimum Gasteiger partial charge on any atom is -0.497 e. The molecule has 2 aliphatic heterocycles. The van der Waals surface area contributed by atoms with E-state index in [0.29, 0.717) is 17.9 Å². The zero-order chi connectivity index (χ0) is 21.5. The fourth-order valence-corrected chi connectivity index (χ4v) is 6.18. The van der Waals surface area contributed by atoms with Crippen molar-refractivity contribution in [2.45, 2.75) is 42.7 Å². The average Bonchev–Trinajstić information content (AvgIpc) is 3.25. The number of ether oxygens (including phenoxy) is 2. The quantitative estimate of drug-likeness (QED) is 0.676. The lowest BCUT2D eigenvalue weighted by Gasteiger charge is -2.38. The molecule has 4 rings (SSSR count). The highest BCUT2D eigenvalue weighted by atomic mass is 32.2. The van der Waals surface area contributed by atoms with Crippen molar-refractivity contribution in [2.24, 2.45) is 0 Å². The monoisotopic (exact) mass is 428 g/mol. The van der Waals surface area contributed by atoms with E-state index in [4.69, 9.17) is 9.47 Å². The van der Waals surface area contributed by atoms with Gasteiger partial charge in [0.25, 0.3) is 0 Å². The Balaban J connectivity index is 1.87. The van der Waals surface area contributed by atoms with E-state index in [1.54, 1.807) is 26.4 Å². The number of fused-ring (bicyclic) bond motifs is 3. The van der Waals surface area contributed by atoms with Crippen LogP contribution < -0.4 is 19.1 Å². The highest BCUT2D eigenvalue weighted by molar-refractivity contribution is 7.89. The van der Waals surface area contributed by atoms with Crippen LogP contribution in [0.5, 0.6) is 11.5 Å². The number of nitrogens with zero attached hydrogens (tertiary/aromatic N) is 1. The molecular formula is C23H28N2O4S. The molecule has 0 bridgehead atoms. The molecule has 2 aromatic carbocycles. The summed E-state index contributed by atoms with van der Waals surface area (Å²) in [6.45, 7) is 6.74. The van der Waals surface area contributed by atoms with Gasteiger partial charge < -0.3 is 14.4 Å². The van der Waals surface area contributed by atoms with Gasteiger partial charge in [0.05, 0.1) is 30.7 Å². The summed E-state index contributed by atoms with van der Waals surface area (Å²) in [5, 5.41) is 0. The third kappa shape index (κ3) is 3.17. The summed E-state index contributed by atoms with van der Waals surface area (Å²) < 4.78 is 40.9. The maximum absolute atomic E-state index is 13.3. The molecule has 6 nitrogen and oxygen atoms in total. The van der Waals surface area contributed by atoms with Crippen LogP contribution in [0.25, 0.3) is 0 Å². The number of sulfonamides is 1. The number of aryl methyl sites for hydroxylation is 1. The van der Waals surface area contributed by atoms with Crippen molar-refractivity contribution >= 4 is 15.7 Å². The molecule has 2 aromatic rings. The van der Waals surface area contributed by atoms with Gasteiger partial charge in [-0.05, 0) is 38.3 Å². The van der Waals surface area contributed by atoms with E-state index >= 15 is 0 Å². The molecule has 1 N–H and O–H groups in total. The second-order valence-electron chi connectivity index (χ2n) is 7.98. The average molecular weight is 429 g/mol. The van der Waals surface area contributed by atoms with E-state index in [0.717, 1.165) is 36.2 Å². The van der Waals surface area contributed by atoms with Crippen LogP contribution in [0.1, 0.15) is 36.4 Å². The normalized spacial score (nSPS) is 22.5. The lowest BCUT2D eigenvalue weighted by Crippen LogP contribution is -2.49. The van der Waals surface area contributed by atoms with Gasteiger partial charge in [-0.15, -0.1) is 6.58 Å². The van der Waals surface area contributed by atoms with Crippen molar-refractivity contribution in [1.29, 1.82) is 0 Å². The lowest BCUT2D eigenvalue weighted by atomic mass is 9.84. The highest BCUT2D eigenvalue weighted by Gasteiger charge is 2.55. The molecule has 1 fully saturated rings. The molecule has 2 aliphatic rings. The largest absolute Gasteiger partial charge is 0.497 e. The van der Waals surface area contributed by atoms with Crippen LogP contribution in [0.2, 0.25) is 0 Å². The van der Waals surface area contributed by atoms with Gasteiger partial charge in [-0.2, -0.15) is 0 Å². The van der Waals surface area contributed by atoms with Gasteiger partial charge in [-0.1, -0.05) is 23.8 Å². The van der Waals surface area contributed by atoms with Crippen LogP contribution in [0, 0.1) is 6.92 Å². The Morgan fingerprint density at radius 2 is 1.97 bits per heavy atom. The van der Waals surface area contributed by atoms with Crippen molar-refractivity contribution < 1.29 is 17.9 Å². The number of methoxy groups -OCH3 is 2. The number of anilines is 1. The molecule has 30 heavy (non-hydrogen) atoms. The zero-order valence-corrected chi connectivity index (χ0v) is 18.5. The first-order valence-electron chi connectivity index (χ1n) is 10.1. The summed E-state index contributed by atoms with van der Waals surface area (Å²) in [6.07, 6.45) is 4.38. The molecule has 2 heterocycles. The minimum atomic E-state index is -3.74. The van der Waals surface area contributed by atoms with E-state index in [-0.39, 0.29) is 4.90 Å². The zero-order valence-electron chi connectivity index (χ0n) is 17.6. The molecule has 0 radical (unpaired) electrons. The second-order valence-corrected chi connectivity index (χ2v) is 9.70. The minimum absolute atomic E-state index is 0.257. The fourth-order valence-electron chi connectivity index (χ4n) is 4.91. The summed E-state index contributed by atoms with van der Waals surface area (Å²) in [5.74, 6) is 1.31. The Labute approximate surface area is 178 Å². The van der Waals surface area contributed by atoms with Crippen molar-refractivity contribution in [3.63, 3.8) is 0 Å². The number of benzene rings is 2. The molecule has 160 valence electrons. The standard InChI is InChI=1S/C23H28N2O4S/c1-5-11-23-12-6-13-25(23)19-14-17(28-3)15-20(29-4)21(19)22(23)24-30(26,27)18-9-7-16(2)8-10-18/h5,7-10,14-15,22,24H,1,6,11-13H2,2-4H3/t22-,23-/m1/s1. The van der Waals surface area contributed by atoms with E-state index in [1.165, 1.54) is 0 Å². The predicted molar refractivity (Wildman–Crippen MR) is 118 cm³/mol. The summed E-state index contributed by atoms with van der Waals surface area (Å²) in [6, 6.07) is 10.2. The Morgan fingerprint density at radius 3 is 2.60 bits per heavy atom. The van der Waals surface area contributed by atoms with Crippen LogP contribution in [0.15, 0.2) is 53.9 Å². The molecule has 0 unspecified atom stereocenters. The van der Waals surface area contributed by atoms with Crippen molar-refractivity contribution in [1.82, 2.24) is 4.72 Å². The van der Waals surface area contributed by atoms with Gasteiger partial charge in [-0.3, -0.25) is 0 Å². The lowest BCUT2D eigenvalue weighted by molar-refractivity contribution is 0.342. The molecule has 1 saturated heterocycles. The second kappa shape index (κ2) is 7.63. The van der Waals surface area contributed by atoms with E-state index in [2.05, 4.69) is 16.2 Å². The van der Waals surface area contributed by atoms with Gasteiger partial charge in [0.1, 0.15) is 11.5 Å². The third-order valence-corrected chi connectivity index (χ3v) is 7.74. The first-order chi connectivity index (χ1) is 14.4. The van der Waals surface area contributed by atoms with Crippen LogP contribution in [-0.4, -0.2) is 34.7 Å². The summed E-state index contributed by atoms with van der Waals surface area (Å²) in [4.78, 5) is 2.56. The smallest absolute Gasteiger partial charge is 0.241 e. The van der Waals surface area contributed by atoms with Gasteiger partial charge in [0.15, 0.2) is 0 Å². The van der Waals surface area contributed by atoms with Crippen molar-refractivity contribution in [2.75, 3.05) is 25.7 Å². The third-order valence-electron chi connectivity index (χ3n) is 6.30. The predicted octanol–water partition coefficient (Wildman–Crippen LogP) is 3.96. The maximum Gasteiger partial charge on any atom is 0.241 e. The fraction of sp³-hybridized carbons (Fsp3) is 0.391. The van der Waals surface area contributed by atoms with E-state index < -0.39 is 21.6 Å². The molecule has 2 atom stereocenters. The van der Waals surface area contributed by atoms with Crippen LogP contribution in [0.3, 0.4) is 0 Å². The van der Waals surface area contributed by atoms with Crippen molar-refractivity contribution in [3.05, 3.63) is 60.2 Å². The van der Waals surface area contributed by atoms with E-state index in [9.17, 15) is 8.42 Å². The molecule has 7 heteroatoms. The topological polar surface area (TPSA) is 67.9 Å². The summed E-state index contributed by atoms with van der Waals surface area (Å²) in [5.41, 5.74) is 2.42. The Kier molecular flexibility index (Phi) is 5.28. The molecule has 0 aromatic heterocycles. The molecule has 0 spiro atoms. The van der Waals surface area contributed by atoms with Crippen LogP contribution >= 0.6 is 0 Å². The number of hydrogen-bond donors (Lipinski definition) is 1. The molecule has 0 saturated carbocycles. The van der Waals surface area contributed by atoms with Gasteiger partial charge >= 0.3 is 0 Å². The number of nitrogens with one attached hydrogen (secondary N) is 1. The van der Waals surface area contributed by atoms with Crippen LogP contribution in [0.4, 0.5) is 5.69 Å². The molecular weight excluding hydrogens is 400 g/mol. The number of hydrogen-bond acceptors (Lipinski definition) is 5. The SMILES string of the molecule is C=CC[C@]12CCCN1c1cc(OC)cc(OC)c1[C@H]2NS(=O)(=O)c1ccc(C)cc1. The first kappa shape index (κ1) is 20.8. The van der Waals surface area contributed by atoms with Gasteiger partial charge in [-0.25, -0.2) is 13.1 Å². The molecule has 0 amide bonds. The maximum atomic E-state index is 13.3. The Morgan fingerprint density at radius 1 is 1.23 bits per heavy atom. The number of rotatable bonds is 7. The van der Waals surface area contributed by atoms with Gasteiger partial charge in [0.2, 0.25) is 10.0 Å². The Bertz CT molecular complexity index is 1070. The molecule has 0 aliphatic carbocycles. The first-order valence-corrected chi connectivity index (χ1v) is 11.6. The van der Waals surface area contributed by atoms with Gasteiger partial charge in [0, 0.05) is 29.9 Å². The van der Waals surface area contributed by atoms with Crippen molar-refractivity contribution in [3.8, 4) is 11.5 Å².